The van der Waals surface area contributed by atoms with E-state index in [1.807, 2.05) is 20.8 Å². The van der Waals surface area contributed by atoms with Gasteiger partial charge < -0.3 is 9.15 Å². The van der Waals surface area contributed by atoms with Gasteiger partial charge in [0.25, 0.3) is 0 Å². The van der Waals surface area contributed by atoms with Crippen LogP contribution in [-0.4, -0.2) is 20.4 Å². The number of unbranched alkanes of at least 4 members (excludes halogenated alkanes) is 1. The zero-order valence-electron chi connectivity index (χ0n) is 20.9. The van der Waals surface area contributed by atoms with Crippen LogP contribution in [0, 0.1) is 19.8 Å². The molecule has 3 rings (SSSR count). The van der Waals surface area contributed by atoms with Gasteiger partial charge in [0.15, 0.2) is 0 Å². The van der Waals surface area contributed by atoms with Gasteiger partial charge in [-0.05, 0) is 74.4 Å². The molecule has 1 heterocycles. The maximum Gasteiger partial charge on any atom is 0.336 e. The minimum absolute atomic E-state index is 0.0284. The summed E-state index contributed by atoms with van der Waals surface area (Å²) >= 11 is 0. The fourth-order valence-electron chi connectivity index (χ4n) is 3.93. The largest absolute Gasteiger partial charge is 0.425 e. The third-order valence-corrected chi connectivity index (χ3v) is 7.15. The van der Waals surface area contributed by atoms with Crippen LogP contribution in [0.5, 0.6) is 5.75 Å². The van der Waals surface area contributed by atoms with Crippen LogP contribution in [0.2, 0.25) is 0 Å². The highest BCUT2D eigenvalue weighted by Gasteiger charge is 2.29. The van der Waals surface area contributed by atoms with E-state index in [2.05, 4.69) is 11.6 Å². The monoisotopic (exact) mass is 499 g/mol. The number of nitrogens with one attached hydrogen (secondary N) is 1. The van der Waals surface area contributed by atoms with E-state index >= 15 is 0 Å². The van der Waals surface area contributed by atoms with Crippen LogP contribution in [0.3, 0.4) is 0 Å². The highest BCUT2D eigenvalue weighted by Crippen LogP contribution is 2.31. The Bertz CT molecular complexity index is 1360. The van der Waals surface area contributed by atoms with Crippen molar-refractivity contribution in [3.8, 4) is 5.75 Å². The molecule has 0 aliphatic rings. The number of aryl methyl sites for hydroxylation is 3. The molecule has 0 fully saturated rings. The Balaban J connectivity index is 1.98. The lowest BCUT2D eigenvalue weighted by atomic mass is 10.0. The summed E-state index contributed by atoms with van der Waals surface area (Å²) in [6.07, 6.45) is 2.67. The van der Waals surface area contributed by atoms with Crippen LogP contribution in [0.4, 0.5) is 0 Å². The molecule has 188 valence electrons. The average molecular weight is 500 g/mol. The molecule has 7 nitrogen and oxygen atoms in total. The molecule has 0 unspecified atom stereocenters. The van der Waals surface area contributed by atoms with Crippen molar-refractivity contribution in [2.75, 3.05) is 0 Å². The molecular formula is C27H33NO6S. The molecule has 0 radical (unpaired) electrons. The summed E-state index contributed by atoms with van der Waals surface area (Å²) in [4.78, 5) is 25.5. The van der Waals surface area contributed by atoms with Gasteiger partial charge in [0.2, 0.25) is 10.0 Å². The topological polar surface area (TPSA) is 103 Å². The first-order valence-corrected chi connectivity index (χ1v) is 13.4. The molecule has 2 aromatic carbocycles. The third kappa shape index (κ3) is 6.80. The molecule has 8 heteroatoms. The number of carbonyl (C=O) groups excluding carboxylic acids is 1. The van der Waals surface area contributed by atoms with Crippen molar-refractivity contribution in [2.45, 2.75) is 71.2 Å². The van der Waals surface area contributed by atoms with Crippen molar-refractivity contribution in [1.82, 2.24) is 4.72 Å². The van der Waals surface area contributed by atoms with Crippen LogP contribution in [0.1, 0.15) is 56.7 Å². The first kappa shape index (κ1) is 26.6. The summed E-state index contributed by atoms with van der Waals surface area (Å²) < 4.78 is 39.7. The number of fused-ring (bicyclic) bond motifs is 1. The van der Waals surface area contributed by atoms with Crippen LogP contribution in [-0.2, 0) is 21.2 Å². The van der Waals surface area contributed by atoms with E-state index in [1.165, 1.54) is 18.2 Å². The van der Waals surface area contributed by atoms with Crippen LogP contribution in [0.25, 0.3) is 11.0 Å². The Morgan fingerprint density at radius 2 is 1.74 bits per heavy atom. The van der Waals surface area contributed by atoms with Crippen molar-refractivity contribution in [1.29, 1.82) is 0 Å². The maximum atomic E-state index is 13.3. The smallest absolute Gasteiger partial charge is 0.336 e. The molecule has 0 aliphatic carbocycles. The minimum atomic E-state index is -3.95. The lowest BCUT2D eigenvalue weighted by Crippen LogP contribution is -2.43. The maximum absolute atomic E-state index is 13.3. The first-order valence-electron chi connectivity index (χ1n) is 11.9. The molecule has 35 heavy (non-hydrogen) atoms. The van der Waals surface area contributed by atoms with Crippen molar-refractivity contribution >= 4 is 27.0 Å². The van der Waals surface area contributed by atoms with E-state index < -0.39 is 27.7 Å². The van der Waals surface area contributed by atoms with Crippen LogP contribution in [0.15, 0.2) is 56.6 Å². The fourth-order valence-corrected chi connectivity index (χ4v) is 5.13. The van der Waals surface area contributed by atoms with E-state index in [-0.39, 0.29) is 23.0 Å². The van der Waals surface area contributed by atoms with E-state index in [0.29, 0.717) is 17.4 Å². The van der Waals surface area contributed by atoms with E-state index in [9.17, 15) is 18.0 Å². The SMILES string of the molecule is CCCCc1cc(=O)oc2cc(C)cc(OC(=O)[C@H](CC(C)C)NS(=O)(=O)c3ccc(C)cc3)c12. The van der Waals surface area contributed by atoms with Crippen molar-refractivity contribution < 1.29 is 22.4 Å². The normalized spacial score (nSPS) is 12.7. The number of hydrogen-bond donors (Lipinski definition) is 1. The van der Waals surface area contributed by atoms with E-state index in [4.69, 9.17) is 9.15 Å². The first-order chi connectivity index (χ1) is 16.5. The predicted octanol–water partition coefficient (Wildman–Crippen LogP) is 5.05. The Kier molecular flexibility index (Phi) is 8.51. The number of benzene rings is 2. The Morgan fingerprint density at radius 3 is 2.37 bits per heavy atom. The van der Waals surface area contributed by atoms with Gasteiger partial charge >= 0.3 is 11.6 Å². The lowest BCUT2D eigenvalue weighted by molar-refractivity contribution is -0.136. The highest BCUT2D eigenvalue weighted by atomic mass is 32.2. The minimum Gasteiger partial charge on any atom is -0.425 e. The number of esters is 1. The molecule has 0 bridgehead atoms. The summed E-state index contributed by atoms with van der Waals surface area (Å²) in [6, 6.07) is 10.2. The molecule has 0 amide bonds. The Morgan fingerprint density at radius 1 is 1.06 bits per heavy atom. The second kappa shape index (κ2) is 11.2. The molecule has 0 aliphatic heterocycles. The lowest BCUT2D eigenvalue weighted by Gasteiger charge is -2.20. The molecule has 1 aromatic heterocycles. The Hall–Kier alpha value is -2.97. The van der Waals surface area contributed by atoms with Gasteiger partial charge in [0.05, 0.1) is 10.3 Å². The third-order valence-electron chi connectivity index (χ3n) is 5.66. The fraction of sp³-hybridized carbons (Fsp3) is 0.407. The summed E-state index contributed by atoms with van der Waals surface area (Å²) in [5, 5.41) is 0.557. The average Bonchev–Trinajstić information content (AvgIpc) is 2.76. The zero-order valence-corrected chi connectivity index (χ0v) is 21.7. The van der Waals surface area contributed by atoms with Gasteiger partial charge in [-0.2, -0.15) is 4.72 Å². The van der Waals surface area contributed by atoms with Crippen LogP contribution < -0.4 is 15.1 Å². The van der Waals surface area contributed by atoms with Crippen molar-refractivity contribution in [3.63, 3.8) is 0 Å². The summed E-state index contributed by atoms with van der Waals surface area (Å²) in [5.41, 5.74) is 2.29. The number of ether oxygens (including phenoxy) is 1. The van der Waals surface area contributed by atoms with E-state index in [1.54, 1.807) is 31.2 Å². The second-order valence-electron chi connectivity index (χ2n) is 9.37. The van der Waals surface area contributed by atoms with Gasteiger partial charge in [-0.15, -0.1) is 0 Å². The highest BCUT2D eigenvalue weighted by molar-refractivity contribution is 7.89. The van der Waals surface area contributed by atoms with Gasteiger partial charge in [-0.3, -0.25) is 0 Å². The molecule has 3 aromatic rings. The zero-order chi connectivity index (χ0) is 25.8. The molecule has 1 atom stereocenters. The standard InChI is InChI=1S/C27H33NO6S/c1-6-7-8-20-16-25(29)33-23-14-19(5)15-24(26(20)23)34-27(30)22(13-17(2)3)28-35(31,32)21-11-9-18(4)10-12-21/h9-12,14-17,22,28H,6-8,13H2,1-5H3/t22-/m0/s1. The van der Waals surface area contributed by atoms with E-state index in [0.717, 1.165) is 29.5 Å². The Labute approximate surface area is 206 Å². The number of hydrogen-bond acceptors (Lipinski definition) is 6. The predicted molar refractivity (Wildman–Crippen MR) is 136 cm³/mol. The van der Waals surface area contributed by atoms with Crippen molar-refractivity contribution in [3.05, 3.63) is 69.6 Å². The summed E-state index contributed by atoms with van der Waals surface area (Å²) in [5.74, 6) is -0.433. The molecule has 0 saturated heterocycles. The van der Waals surface area contributed by atoms with Crippen molar-refractivity contribution in [2.24, 2.45) is 5.92 Å². The number of rotatable bonds is 10. The molecule has 0 spiro atoms. The van der Waals surface area contributed by atoms with Gasteiger partial charge in [0.1, 0.15) is 17.4 Å². The number of sulfonamides is 1. The summed E-state index contributed by atoms with van der Waals surface area (Å²) in [7, 11) is -3.95. The van der Waals surface area contributed by atoms with Gasteiger partial charge in [-0.25, -0.2) is 18.0 Å². The molecule has 1 N–H and O–H groups in total. The molecule has 0 saturated carbocycles. The van der Waals surface area contributed by atoms with Gasteiger partial charge in [-0.1, -0.05) is 44.9 Å². The quantitative estimate of drug-likeness (QED) is 0.238. The van der Waals surface area contributed by atoms with Gasteiger partial charge in [0, 0.05) is 6.07 Å². The second-order valence-corrected chi connectivity index (χ2v) is 11.1. The summed E-state index contributed by atoms with van der Waals surface area (Å²) in [6.45, 7) is 9.53. The molecular weight excluding hydrogens is 466 g/mol. The van der Waals surface area contributed by atoms with Crippen LogP contribution >= 0.6 is 0 Å². The number of carbonyl (C=O) groups is 1.